The predicted octanol–water partition coefficient (Wildman–Crippen LogP) is 3.96. The lowest BCUT2D eigenvalue weighted by atomic mass is 10.1. The van der Waals surface area contributed by atoms with Gasteiger partial charge in [0.25, 0.3) is 0 Å². The number of nitrogens with one attached hydrogen (secondary N) is 2. The van der Waals surface area contributed by atoms with Crippen LogP contribution in [0, 0.1) is 0 Å². The summed E-state index contributed by atoms with van der Waals surface area (Å²) < 4.78 is 32.6. The summed E-state index contributed by atoms with van der Waals surface area (Å²) in [5.74, 6) is -0.583. The second-order valence-corrected chi connectivity index (χ2v) is 9.39. The number of esters is 1. The number of benzene rings is 3. The van der Waals surface area contributed by atoms with E-state index in [9.17, 15) is 18.0 Å². The van der Waals surface area contributed by atoms with Crippen molar-refractivity contribution < 1.29 is 22.7 Å². The van der Waals surface area contributed by atoms with Gasteiger partial charge in [-0.2, -0.15) is 0 Å². The first-order chi connectivity index (χ1) is 16.4. The fraction of sp³-hybridized carbons (Fsp3) is 0.231. The molecule has 0 unspecified atom stereocenters. The van der Waals surface area contributed by atoms with E-state index in [1.807, 2.05) is 30.3 Å². The number of anilines is 1. The molecule has 7 nitrogen and oxygen atoms in total. The summed E-state index contributed by atoms with van der Waals surface area (Å²) in [6.45, 7) is 2.35. The molecule has 1 amide bonds. The zero-order valence-corrected chi connectivity index (χ0v) is 19.8. The summed E-state index contributed by atoms with van der Waals surface area (Å²) in [4.78, 5) is 24.1. The van der Waals surface area contributed by atoms with E-state index in [0.717, 1.165) is 11.1 Å². The molecule has 3 aromatic rings. The van der Waals surface area contributed by atoms with E-state index in [4.69, 9.17) is 4.74 Å². The fourth-order valence-corrected chi connectivity index (χ4v) is 4.31. The zero-order chi connectivity index (χ0) is 24.4. The minimum absolute atomic E-state index is 0.178. The number of aryl methyl sites for hydroxylation is 1. The van der Waals surface area contributed by atoms with Crippen LogP contribution in [0.4, 0.5) is 5.69 Å². The van der Waals surface area contributed by atoms with Crippen LogP contribution in [-0.4, -0.2) is 33.4 Å². The highest BCUT2D eigenvalue weighted by atomic mass is 32.2. The lowest BCUT2D eigenvalue weighted by molar-refractivity contribution is -0.116. The Kier molecular flexibility index (Phi) is 8.95. The molecular weight excluding hydrogens is 452 g/mol. The Balaban J connectivity index is 1.46. The van der Waals surface area contributed by atoms with Crippen LogP contribution >= 0.6 is 0 Å². The third-order valence-electron chi connectivity index (χ3n) is 5.10. The van der Waals surface area contributed by atoms with Gasteiger partial charge < -0.3 is 10.1 Å². The molecule has 0 heterocycles. The normalized spacial score (nSPS) is 11.1. The summed E-state index contributed by atoms with van der Waals surface area (Å²) in [7, 11) is -3.59. The van der Waals surface area contributed by atoms with Gasteiger partial charge in [0.2, 0.25) is 15.9 Å². The van der Waals surface area contributed by atoms with Gasteiger partial charge in [-0.15, -0.1) is 0 Å². The number of hydrogen-bond donors (Lipinski definition) is 2. The molecular formula is C26H28N2O5S. The Hall–Kier alpha value is -3.49. The first-order valence-electron chi connectivity index (χ1n) is 11.1. The first-order valence-corrected chi connectivity index (χ1v) is 12.6. The van der Waals surface area contributed by atoms with E-state index in [1.165, 1.54) is 0 Å². The molecule has 3 rings (SSSR count). The van der Waals surface area contributed by atoms with E-state index in [1.54, 1.807) is 55.5 Å². The van der Waals surface area contributed by atoms with Crippen LogP contribution in [-0.2, 0) is 32.4 Å². The van der Waals surface area contributed by atoms with Crippen LogP contribution in [0.15, 0.2) is 83.8 Å². The lowest BCUT2D eigenvalue weighted by Crippen LogP contribution is -2.26. The molecule has 0 aliphatic carbocycles. The number of sulfonamides is 1. The molecule has 0 aliphatic heterocycles. The number of carbonyl (C=O) groups excluding carboxylic acids is 2. The Morgan fingerprint density at radius 1 is 0.824 bits per heavy atom. The fourth-order valence-electron chi connectivity index (χ4n) is 3.28. The lowest BCUT2D eigenvalue weighted by Gasteiger charge is -2.09. The molecule has 0 aliphatic rings. The standard InChI is InChI=1S/C26H28N2O5S/c1-2-33-26(30)22-11-13-23(14-12-22)28-25(29)17-10-21-8-15-24(16-9-21)34(31,32)27-19-18-20-6-4-3-5-7-20/h3-9,11-16,27H,2,10,17-19H2,1H3,(H,28,29). The van der Waals surface area contributed by atoms with Gasteiger partial charge in [0, 0.05) is 18.7 Å². The number of carbonyl (C=O) groups is 2. The molecule has 0 atom stereocenters. The maximum Gasteiger partial charge on any atom is 0.338 e. The van der Waals surface area contributed by atoms with Gasteiger partial charge in [0.05, 0.1) is 17.1 Å². The summed E-state index contributed by atoms with van der Waals surface area (Å²) in [6.07, 6.45) is 1.31. The quantitative estimate of drug-likeness (QED) is 0.405. The highest BCUT2D eigenvalue weighted by Crippen LogP contribution is 2.14. The molecule has 3 aromatic carbocycles. The maximum atomic E-state index is 12.5. The van der Waals surface area contributed by atoms with Gasteiger partial charge in [0.15, 0.2) is 0 Å². The topological polar surface area (TPSA) is 102 Å². The minimum Gasteiger partial charge on any atom is -0.462 e. The number of amides is 1. The Bertz CT molecular complexity index is 1190. The van der Waals surface area contributed by atoms with E-state index < -0.39 is 16.0 Å². The predicted molar refractivity (Wildman–Crippen MR) is 131 cm³/mol. The molecule has 34 heavy (non-hydrogen) atoms. The van der Waals surface area contributed by atoms with Gasteiger partial charge in [-0.3, -0.25) is 4.79 Å². The van der Waals surface area contributed by atoms with Gasteiger partial charge in [-0.25, -0.2) is 17.9 Å². The van der Waals surface area contributed by atoms with Crippen LogP contribution in [0.3, 0.4) is 0 Å². The zero-order valence-electron chi connectivity index (χ0n) is 19.0. The highest BCUT2D eigenvalue weighted by molar-refractivity contribution is 7.89. The summed E-state index contributed by atoms with van der Waals surface area (Å²) >= 11 is 0. The van der Waals surface area contributed by atoms with Crippen molar-refractivity contribution in [3.8, 4) is 0 Å². The second kappa shape index (κ2) is 12.1. The van der Waals surface area contributed by atoms with Crippen molar-refractivity contribution in [3.63, 3.8) is 0 Å². The van der Waals surface area contributed by atoms with Crippen molar-refractivity contribution in [2.24, 2.45) is 0 Å². The minimum atomic E-state index is -3.59. The Morgan fingerprint density at radius 3 is 2.12 bits per heavy atom. The number of hydrogen-bond acceptors (Lipinski definition) is 5. The molecule has 178 valence electrons. The van der Waals surface area contributed by atoms with Crippen molar-refractivity contribution in [3.05, 3.63) is 95.6 Å². The molecule has 2 N–H and O–H groups in total. The first kappa shape index (κ1) is 25.1. The van der Waals surface area contributed by atoms with Gasteiger partial charge in [0.1, 0.15) is 0 Å². The maximum absolute atomic E-state index is 12.5. The van der Waals surface area contributed by atoms with Crippen molar-refractivity contribution in [2.45, 2.75) is 31.1 Å². The van der Waals surface area contributed by atoms with Crippen LogP contribution in [0.2, 0.25) is 0 Å². The molecule has 0 saturated heterocycles. The monoisotopic (exact) mass is 480 g/mol. The number of ether oxygens (including phenoxy) is 1. The number of rotatable bonds is 11. The summed E-state index contributed by atoms with van der Waals surface area (Å²) in [5, 5.41) is 2.79. The van der Waals surface area contributed by atoms with Crippen LogP contribution < -0.4 is 10.0 Å². The van der Waals surface area contributed by atoms with Gasteiger partial charge >= 0.3 is 5.97 Å². The third kappa shape index (κ3) is 7.54. The van der Waals surface area contributed by atoms with Gasteiger partial charge in [-0.1, -0.05) is 42.5 Å². The molecule has 0 spiro atoms. The molecule has 0 saturated carbocycles. The van der Waals surface area contributed by atoms with Crippen LogP contribution in [0.25, 0.3) is 0 Å². The van der Waals surface area contributed by atoms with Crippen molar-refractivity contribution >= 4 is 27.6 Å². The molecule has 0 aromatic heterocycles. The van der Waals surface area contributed by atoms with E-state index in [2.05, 4.69) is 10.0 Å². The Labute approximate surface area is 200 Å². The summed E-state index contributed by atoms with van der Waals surface area (Å²) in [6, 6.07) is 22.7. The van der Waals surface area contributed by atoms with Crippen molar-refractivity contribution in [2.75, 3.05) is 18.5 Å². The molecule has 0 bridgehead atoms. The largest absolute Gasteiger partial charge is 0.462 e. The van der Waals surface area contributed by atoms with E-state index in [-0.39, 0.29) is 17.2 Å². The highest BCUT2D eigenvalue weighted by Gasteiger charge is 2.13. The van der Waals surface area contributed by atoms with E-state index >= 15 is 0 Å². The van der Waals surface area contributed by atoms with Crippen LogP contribution in [0.5, 0.6) is 0 Å². The van der Waals surface area contributed by atoms with Crippen LogP contribution in [0.1, 0.15) is 34.8 Å². The average Bonchev–Trinajstić information content (AvgIpc) is 2.84. The Morgan fingerprint density at radius 2 is 1.47 bits per heavy atom. The average molecular weight is 481 g/mol. The molecule has 0 fully saturated rings. The van der Waals surface area contributed by atoms with Crippen molar-refractivity contribution in [1.29, 1.82) is 0 Å². The van der Waals surface area contributed by atoms with Gasteiger partial charge in [-0.05, 0) is 67.3 Å². The SMILES string of the molecule is CCOC(=O)c1ccc(NC(=O)CCc2ccc(S(=O)(=O)NCCc3ccccc3)cc2)cc1. The molecule has 8 heteroatoms. The van der Waals surface area contributed by atoms with Crippen molar-refractivity contribution in [1.82, 2.24) is 4.72 Å². The summed E-state index contributed by atoms with van der Waals surface area (Å²) in [5.41, 5.74) is 2.93. The molecule has 0 radical (unpaired) electrons. The smallest absolute Gasteiger partial charge is 0.338 e. The van der Waals surface area contributed by atoms with E-state index in [0.29, 0.717) is 37.2 Å². The second-order valence-electron chi connectivity index (χ2n) is 7.62. The third-order valence-corrected chi connectivity index (χ3v) is 6.58.